The molecule has 166 valence electrons. The van der Waals surface area contributed by atoms with Crippen LogP contribution in [0.25, 0.3) is 11.4 Å². The Labute approximate surface area is 192 Å². The first-order valence-corrected chi connectivity index (χ1v) is 10.7. The lowest BCUT2D eigenvalue weighted by molar-refractivity contribution is 0.0950. The number of hydrogen-bond donors (Lipinski definition) is 1. The maximum Gasteiger partial charge on any atom is 0.254 e. The minimum atomic E-state index is -0.276. The normalized spacial score (nSPS) is 10.5. The summed E-state index contributed by atoms with van der Waals surface area (Å²) in [6.07, 6.45) is 5.64. The van der Waals surface area contributed by atoms with Gasteiger partial charge >= 0.3 is 0 Å². The van der Waals surface area contributed by atoms with Crippen molar-refractivity contribution in [2.24, 2.45) is 0 Å². The number of hydrogen-bond acceptors (Lipinski definition) is 6. The van der Waals surface area contributed by atoms with Crippen molar-refractivity contribution in [3.63, 3.8) is 0 Å². The van der Waals surface area contributed by atoms with Crippen molar-refractivity contribution in [2.75, 3.05) is 6.61 Å². The minimum Gasteiger partial charge on any atom is -0.494 e. The Morgan fingerprint density at radius 3 is 2.33 bits per heavy atom. The number of nitrogens with zero attached hydrogens (tertiary/aromatic N) is 3. The van der Waals surface area contributed by atoms with Gasteiger partial charge in [-0.3, -0.25) is 4.79 Å². The Bertz CT molecular complexity index is 1180. The number of pyridine rings is 1. The zero-order chi connectivity index (χ0) is 22.9. The third-order valence-corrected chi connectivity index (χ3v) is 4.75. The standard InChI is InChI=1S/C26H24N4O3/c1-2-15-32-22-10-12-23(13-11-22)33-26-20(9-6-14-27-26)16-30-25(31)21-17-28-24(29-18-21)19-7-4-3-5-8-19/h3-14,17-18H,2,15-16H2,1H3,(H,30,31). The molecule has 0 atom stereocenters. The Morgan fingerprint density at radius 2 is 1.61 bits per heavy atom. The minimum absolute atomic E-state index is 0.250. The number of ether oxygens (including phenoxy) is 2. The van der Waals surface area contributed by atoms with E-state index < -0.39 is 0 Å². The predicted octanol–water partition coefficient (Wildman–Crippen LogP) is 5.05. The lowest BCUT2D eigenvalue weighted by Gasteiger charge is -2.11. The Hall–Kier alpha value is -4.26. The Kier molecular flexibility index (Phi) is 7.22. The molecule has 0 aliphatic rings. The highest BCUT2D eigenvalue weighted by Gasteiger charge is 2.11. The summed E-state index contributed by atoms with van der Waals surface area (Å²) < 4.78 is 11.5. The highest BCUT2D eigenvalue weighted by Crippen LogP contribution is 2.25. The van der Waals surface area contributed by atoms with Gasteiger partial charge in [-0.1, -0.05) is 43.3 Å². The Balaban J connectivity index is 1.38. The maximum absolute atomic E-state index is 12.6. The number of rotatable bonds is 9. The fourth-order valence-electron chi connectivity index (χ4n) is 3.05. The molecule has 7 nitrogen and oxygen atoms in total. The van der Waals surface area contributed by atoms with Gasteiger partial charge < -0.3 is 14.8 Å². The van der Waals surface area contributed by atoms with Gasteiger partial charge in [0.1, 0.15) is 11.5 Å². The summed E-state index contributed by atoms with van der Waals surface area (Å²) in [5, 5.41) is 2.87. The number of carbonyl (C=O) groups is 1. The molecule has 7 heteroatoms. The largest absolute Gasteiger partial charge is 0.494 e. The summed E-state index contributed by atoms with van der Waals surface area (Å²) in [5.74, 6) is 2.15. The molecule has 2 aromatic heterocycles. The smallest absolute Gasteiger partial charge is 0.254 e. The van der Waals surface area contributed by atoms with Crippen molar-refractivity contribution < 1.29 is 14.3 Å². The number of carbonyl (C=O) groups excluding carboxylic acids is 1. The highest BCUT2D eigenvalue weighted by molar-refractivity contribution is 5.93. The molecule has 1 N–H and O–H groups in total. The lowest BCUT2D eigenvalue weighted by Crippen LogP contribution is -2.23. The molecule has 0 aliphatic carbocycles. The van der Waals surface area contributed by atoms with Crippen molar-refractivity contribution in [1.29, 1.82) is 0 Å². The number of benzene rings is 2. The summed E-state index contributed by atoms with van der Waals surface area (Å²) >= 11 is 0. The van der Waals surface area contributed by atoms with E-state index in [0.717, 1.165) is 23.3 Å². The molecule has 0 bridgehead atoms. The third-order valence-electron chi connectivity index (χ3n) is 4.75. The van der Waals surface area contributed by atoms with Crippen molar-refractivity contribution in [1.82, 2.24) is 20.3 Å². The van der Waals surface area contributed by atoms with E-state index in [1.54, 1.807) is 12.3 Å². The summed E-state index contributed by atoms with van der Waals surface area (Å²) in [4.78, 5) is 25.5. The molecule has 2 heterocycles. The van der Waals surface area contributed by atoms with Crippen LogP contribution in [-0.2, 0) is 6.54 Å². The van der Waals surface area contributed by atoms with Crippen LogP contribution in [0.4, 0.5) is 0 Å². The molecule has 0 spiro atoms. The molecular weight excluding hydrogens is 416 g/mol. The van der Waals surface area contributed by atoms with Crippen LogP contribution in [0, 0.1) is 0 Å². The zero-order valence-electron chi connectivity index (χ0n) is 18.3. The van der Waals surface area contributed by atoms with E-state index in [9.17, 15) is 4.79 Å². The average Bonchev–Trinajstić information content (AvgIpc) is 2.88. The first-order valence-electron chi connectivity index (χ1n) is 10.7. The van der Waals surface area contributed by atoms with Crippen LogP contribution in [0.3, 0.4) is 0 Å². The van der Waals surface area contributed by atoms with Crippen molar-refractivity contribution in [2.45, 2.75) is 19.9 Å². The molecule has 0 radical (unpaired) electrons. The van der Waals surface area contributed by atoms with Crippen molar-refractivity contribution >= 4 is 5.91 Å². The molecule has 0 saturated carbocycles. The number of aromatic nitrogens is 3. The highest BCUT2D eigenvalue weighted by atomic mass is 16.5. The SMILES string of the molecule is CCCOc1ccc(Oc2ncccc2CNC(=O)c2cnc(-c3ccccc3)nc2)cc1. The van der Waals surface area contributed by atoms with Crippen molar-refractivity contribution in [3.05, 3.63) is 96.4 Å². The second-order valence-electron chi connectivity index (χ2n) is 7.23. The molecule has 4 aromatic rings. The summed E-state index contributed by atoms with van der Waals surface area (Å²) in [6.45, 7) is 2.98. The third kappa shape index (κ3) is 5.92. The van der Waals surface area contributed by atoms with E-state index in [-0.39, 0.29) is 12.5 Å². The van der Waals surface area contributed by atoms with E-state index in [1.807, 2.05) is 60.7 Å². The quantitative estimate of drug-likeness (QED) is 0.392. The number of amides is 1. The van der Waals surface area contributed by atoms with E-state index >= 15 is 0 Å². The summed E-state index contributed by atoms with van der Waals surface area (Å²) in [5.41, 5.74) is 2.02. The molecule has 2 aromatic carbocycles. The molecule has 4 rings (SSSR count). The van der Waals surface area contributed by atoms with Gasteiger partial charge in [-0.25, -0.2) is 15.0 Å². The molecule has 0 saturated heterocycles. The van der Waals surface area contributed by atoms with Gasteiger partial charge in [-0.05, 0) is 36.8 Å². The second kappa shape index (κ2) is 10.9. The maximum atomic E-state index is 12.6. The first kappa shape index (κ1) is 22.0. The molecular formula is C26H24N4O3. The van der Waals surface area contributed by atoms with Gasteiger partial charge in [0, 0.05) is 36.3 Å². The molecule has 0 unspecified atom stereocenters. The van der Waals surface area contributed by atoms with E-state index in [0.29, 0.717) is 29.6 Å². The van der Waals surface area contributed by atoms with Crippen LogP contribution < -0.4 is 14.8 Å². The van der Waals surface area contributed by atoms with E-state index in [4.69, 9.17) is 9.47 Å². The topological polar surface area (TPSA) is 86.2 Å². The fraction of sp³-hybridized carbons (Fsp3) is 0.154. The van der Waals surface area contributed by atoms with Crippen LogP contribution in [0.5, 0.6) is 17.4 Å². The molecule has 33 heavy (non-hydrogen) atoms. The Morgan fingerprint density at radius 1 is 0.879 bits per heavy atom. The monoisotopic (exact) mass is 440 g/mol. The van der Waals surface area contributed by atoms with E-state index in [2.05, 4.69) is 27.2 Å². The molecule has 0 fully saturated rings. The first-order chi connectivity index (χ1) is 16.2. The predicted molar refractivity (Wildman–Crippen MR) is 125 cm³/mol. The van der Waals surface area contributed by atoms with Gasteiger partial charge in [0.2, 0.25) is 5.88 Å². The zero-order valence-corrected chi connectivity index (χ0v) is 18.3. The van der Waals surface area contributed by atoms with Gasteiger partial charge in [-0.15, -0.1) is 0 Å². The summed E-state index contributed by atoms with van der Waals surface area (Å²) in [6, 6.07) is 20.6. The van der Waals surface area contributed by atoms with Gasteiger partial charge in [0.25, 0.3) is 5.91 Å². The lowest BCUT2D eigenvalue weighted by atomic mass is 10.2. The van der Waals surface area contributed by atoms with Gasteiger partial charge in [0.15, 0.2) is 5.82 Å². The number of nitrogens with one attached hydrogen (secondary N) is 1. The fourth-order valence-corrected chi connectivity index (χ4v) is 3.05. The van der Waals surface area contributed by atoms with Gasteiger partial charge in [-0.2, -0.15) is 0 Å². The van der Waals surface area contributed by atoms with E-state index in [1.165, 1.54) is 12.4 Å². The van der Waals surface area contributed by atoms with Crippen LogP contribution in [-0.4, -0.2) is 27.5 Å². The van der Waals surface area contributed by atoms with Crippen molar-refractivity contribution in [3.8, 4) is 28.8 Å². The second-order valence-corrected chi connectivity index (χ2v) is 7.23. The molecule has 1 amide bonds. The van der Waals surface area contributed by atoms with Crippen LogP contribution in [0.15, 0.2) is 85.3 Å². The van der Waals surface area contributed by atoms with Crippen LogP contribution in [0.1, 0.15) is 29.3 Å². The average molecular weight is 441 g/mol. The van der Waals surface area contributed by atoms with Gasteiger partial charge in [0.05, 0.1) is 12.2 Å². The summed E-state index contributed by atoms with van der Waals surface area (Å²) in [7, 11) is 0. The molecule has 0 aliphatic heterocycles. The van der Waals surface area contributed by atoms with Crippen LogP contribution in [0.2, 0.25) is 0 Å². The van der Waals surface area contributed by atoms with Crippen LogP contribution >= 0.6 is 0 Å².